The highest BCUT2D eigenvalue weighted by atomic mass is 35.5. The van der Waals surface area contributed by atoms with E-state index in [-0.39, 0.29) is 23.8 Å². The summed E-state index contributed by atoms with van der Waals surface area (Å²) in [6.07, 6.45) is 3.19. The van der Waals surface area contributed by atoms with Crippen LogP contribution in [0.3, 0.4) is 0 Å². The van der Waals surface area contributed by atoms with Gasteiger partial charge in [-0.3, -0.25) is 9.69 Å². The average molecular weight is 370 g/mol. The van der Waals surface area contributed by atoms with Crippen molar-refractivity contribution in [2.24, 2.45) is 5.92 Å². The molecule has 4 atom stereocenters. The van der Waals surface area contributed by atoms with Crippen LogP contribution in [-0.4, -0.2) is 30.0 Å². The van der Waals surface area contributed by atoms with E-state index in [9.17, 15) is 4.79 Å². The average Bonchev–Trinajstić information content (AvgIpc) is 2.87. The molecular formula is C22H24ClNO2. The summed E-state index contributed by atoms with van der Waals surface area (Å²) in [6.45, 7) is 1.97. The van der Waals surface area contributed by atoms with Gasteiger partial charge < -0.3 is 4.74 Å². The molecule has 0 aromatic heterocycles. The smallest absolute Gasteiger partial charge is 0.316 e. The van der Waals surface area contributed by atoms with Crippen LogP contribution in [0.2, 0.25) is 5.02 Å². The standard InChI is InChI=1S/C22H24ClNO2/c1-14-5-3-4-6-20(14)26-22(25)21-18(15-7-9-16(23)10-8-15)13-17-11-12-19(21)24(17)2/h3-10,17-19,21H,11-13H2,1-2H3. The zero-order valence-corrected chi connectivity index (χ0v) is 15.9. The fourth-order valence-electron chi connectivity index (χ4n) is 4.69. The highest BCUT2D eigenvalue weighted by Gasteiger charge is 2.49. The number of nitrogens with zero attached hydrogens (tertiary/aromatic N) is 1. The lowest BCUT2D eigenvalue weighted by Gasteiger charge is -2.42. The number of ether oxygens (including phenoxy) is 1. The van der Waals surface area contributed by atoms with Gasteiger partial charge in [-0.2, -0.15) is 0 Å². The van der Waals surface area contributed by atoms with Gasteiger partial charge in [-0.05, 0) is 62.6 Å². The Morgan fingerprint density at radius 1 is 1.12 bits per heavy atom. The first-order valence-corrected chi connectivity index (χ1v) is 9.67. The van der Waals surface area contributed by atoms with Crippen molar-refractivity contribution in [3.63, 3.8) is 0 Å². The topological polar surface area (TPSA) is 29.5 Å². The number of halogens is 1. The lowest BCUT2D eigenvalue weighted by atomic mass is 9.76. The van der Waals surface area contributed by atoms with E-state index in [1.165, 1.54) is 5.56 Å². The van der Waals surface area contributed by atoms with Gasteiger partial charge in [-0.15, -0.1) is 0 Å². The van der Waals surface area contributed by atoms with Crippen LogP contribution < -0.4 is 4.74 Å². The number of aryl methyl sites for hydroxylation is 1. The second-order valence-electron chi connectivity index (χ2n) is 7.57. The molecule has 0 aliphatic carbocycles. The summed E-state index contributed by atoms with van der Waals surface area (Å²) in [5, 5.41) is 0.726. The Balaban J connectivity index is 1.65. The minimum Gasteiger partial charge on any atom is -0.426 e. The second-order valence-corrected chi connectivity index (χ2v) is 8.01. The number of hydrogen-bond acceptors (Lipinski definition) is 3. The maximum absolute atomic E-state index is 13.2. The van der Waals surface area contributed by atoms with Gasteiger partial charge in [0.1, 0.15) is 5.75 Å². The highest BCUT2D eigenvalue weighted by molar-refractivity contribution is 6.30. The SMILES string of the molecule is Cc1ccccc1OC(=O)C1C(c2ccc(Cl)cc2)CC2CCC1N2C. The summed E-state index contributed by atoms with van der Waals surface area (Å²) in [5.74, 6) is 0.573. The molecule has 2 aliphatic rings. The number of para-hydroxylation sites is 1. The number of carbonyl (C=O) groups is 1. The molecule has 4 unspecified atom stereocenters. The summed E-state index contributed by atoms with van der Waals surface area (Å²) >= 11 is 6.07. The minimum atomic E-state index is -0.153. The van der Waals surface area contributed by atoms with E-state index in [4.69, 9.17) is 16.3 Å². The minimum absolute atomic E-state index is 0.114. The lowest BCUT2D eigenvalue weighted by molar-refractivity contribution is -0.143. The summed E-state index contributed by atoms with van der Waals surface area (Å²) in [6, 6.07) is 16.4. The number of rotatable bonds is 3. The van der Waals surface area contributed by atoms with E-state index in [2.05, 4.69) is 24.1 Å². The van der Waals surface area contributed by atoms with Crippen LogP contribution in [0, 0.1) is 12.8 Å². The molecule has 0 radical (unpaired) electrons. The number of hydrogen-bond donors (Lipinski definition) is 0. The molecular weight excluding hydrogens is 346 g/mol. The first kappa shape index (κ1) is 17.6. The largest absolute Gasteiger partial charge is 0.426 e. The van der Waals surface area contributed by atoms with Crippen molar-refractivity contribution in [3.8, 4) is 5.75 Å². The third-order valence-corrected chi connectivity index (χ3v) is 6.40. The summed E-state index contributed by atoms with van der Waals surface area (Å²) in [4.78, 5) is 15.6. The normalized spacial score (nSPS) is 28.1. The van der Waals surface area contributed by atoms with Crippen molar-refractivity contribution in [3.05, 3.63) is 64.7 Å². The van der Waals surface area contributed by atoms with Crippen LogP contribution in [0.15, 0.2) is 48.5 Å². The fourth-order valence-corrected chi connectivity index (χ4v) is 4.81. The Hall–Kier alpha value is -1.84. The first-order valence-electron chi connectivity index (χ1n) is 9.29. The zero-order chi connectivity index (χ0) is 18.3. The maximum Gasteiger partial charge on any atom is 0.316 e. The van der Waals surface area contributed by atoms with Crippen molar-refractivity contribution in [1.82, 2.24) is 4.90 Å². The van der Waals surface area contributed by atoms with Gasteiger partial charge in [0, 0.05) is 23.0 Å². The van der Waals surface area contributed by atoms with E-state index in [0.29, 0.717) is 11.8 Å². The van der Waals surface area contributed by atoms with E-state index >= 15 is 0 Å². The number of benzene rings is 2. The molecule has 2 bridgehead atoms. The summed E-state index contributed by atoms with van der Waals surface area (Å²) < 4.78 is 5.87. The van der Waals surface area contributed by atoms with Crippen LogP contribution >= 0.6 is 11.6 Å². The van der Waals surface area contributed by atoms with Crippen LogP contribution in [0.4, 0.5) is 0 Å². The molecule has 0 saturated carbocycles. The van der Waals surface area contributed by atoms with Crippen molar-refractivity contribution in [1.29, 1.82) is 0 Å². The second kappa shape index (κ2) is 7.05. The predicted molar refractivity (Wildman–Crippen MR) is 104 cm³/mol. The number of piperidine rings is 1. The molecule has 2 aromatic carbocycles. The third-order valence-electron chi connectivity index (χ3n) is 6.14. The van der Waals surface area contributed by atoms with Gasteiger partial charge in [-0.25, -0.2) is 0 Å². The van der Waals surface area contributed by atoms with Gasteiger partial charge in [-0.1, -0.05) is 41.9 Å². The van der Waals surface area contributed by atoms with Crippen molar-refractivity contribution in [2.75, 3.05) is 7.05 Å². The molecule has 2 aromatic rings. The van der Waals surface area contributed by atoms with E-state index in [0.717, 1.165) is 29.8 Å². The number of esters is 1. The van der Waals surface area contributed by atoms with Gasteiger partial charge >= 0.3 is 5.97 Å². The van der Waals surface area contributed by atoms with Crippen molar-refractivity contribution in [2.45, 2.75) is 44.2 Å². The van der Waals surface area contributed by atoms with E-state index in [1.807, 2.05) is 43.3 Å². The van der Waals surface area contributed by atoms with Gasteiger partial charge in [0.2, 0.25) is 0 Å². The van der Waals surface area contributed by atoms with Crippen LogP contribution in [0.25, 0.3) is 0 Å². The Bertz CT molecular complexity index is 804. The van der Waals surface area contributed by atoms with Gasteiger partial charge in [0.05, 0.1) is 5.92 Å². The van der Waals surface area contributed by atoms with Crippen molar-refractivity contribution >= 4 is 17.6 Å². The zero-order valence-electron chi connectivity index (χ0n) is 15.2. The fraction of sp³-hybridized carbons (Fsp3) is 0.409. The van der Waals surface area contributed by atoms with Crippen LogP contribution in [0.5, 0.6) is 5.75 Å². The first-order chi connectivity index (χ1) is 12.5. The summed E-state index contributed by atoms with van der Waals surface area (Å²) in [5.41, 5.74) is 2.17. The molecule has 4 heteroatoms. The summed E-state index contributed by atoms with van der Waals surface area (Å²) in [7, 11) is 2.15. The number of fused-ring (bicyclic) bond motifs is 2. The van der Waals surface area contributed by atoms with E-state index in [1.54, 1.807) is 0 Å². The Kier molecular flexibility index (Phi) is 4.76. The molecule has 2 aliphatic heterocycles. The van der Waals surface area contributed by atoms with Crippen LogP contribution in [-0.2, 0) is 4.79 Å². The Morgan fingerprint density at radius 3 is 2.58 bits per heavy atom. The molecule has 3 nitrogen and oxygen atoms in total. The van der Waals surface area contributed by atoms with Crippen LogP contribution in [0.1, 0.15) is 36.3 Å². The molecule has 2 heterocycles. The highest BCUT2D eigenvalue weighted by Crippen LogP contribution is 2.46. The van der Waals surface area contributed by atoms with Crippen molar-refractivity contribution < 1.29 is 9.53 Å². The van der Waals surface area contributed by atoms with E-state index < -0.39 is 0 Å². The monoisotopic (exact) mass is 369 g/mol. The lowest BCUT2D eigenvalue weighted by Crippen LogP contribution is -2.49. The molecule has 2 saturated heterocycles. The molecule has 2 fully saturated rings. The van der Waals surface area contributed by atoms with Gasteiger partial charge in [0.25, 0.3) is 0 Å². The quantitative estimate of drug-likeness (QED) is 0.573. The van der Waals surface area contributed by atoms with Gasteiger partial charge in [0.15, 0.2) is 0 Å². The maximum atomic E-state index is 13.2. The molecule has 0 spiro atoms. The molecule has 0 amide bonds. The molecule has 26 heavy (non-hydrogen) atoms. The predicted octanol–water partition coefficient (Wildman–Crippen LogP) is 4.82. The Morgan fingerprint density at radius 2 is 1.85 bits per heavy atom. The molecule has 136 valence electrons. The Labute approximate surface area is 159 Å². The third kappa shape index (κ3) is 3.15. The molecule has 4 rings (SSSR count). The number of carbonyl (C=O) groups excluding carboxylic acids is 1. The molecule has 0 N–H and O–H groups in total.